The van der Waals surface area contributed by atoms with Gasteiger partial charge < -0.3 is 23.8 Å². The van der Waals surface area contributed by atoms with Gasteiger partial charge in [-0.1, -0.05) is 24.3 Å². The number of rotatable bonds is 4. The van der Waals surface area contributed by atoms with Crippen molar-refractivity contribution in [2.45, 2.75) is 19.3 Å². The standard InChI is InChI=1S/C28H26N2O6/c31-25(30-10-12-33-13-11-30)16-34-28(32)26-20-5-1-2-7-22(20)29-27-19(4-3-6-21(26)27)14-18-8-9-23-24(15-18)36-17-35-23/h1-2,5,7-9,14-15H,3-4,6,10-13,16-17H2/b19-14+. The summed E-state index contributed by atoms with van der Waals surface area (Å²) < 4.78 is 21.8. The smallest absolute Gasteiger partial charge is 0.339 e. The number of hydrogen-bond donors (Lipinski definition) is 0. The van der Waals surface area contributed by atoms with Gasteiger partial charge in [-0.25, -0.2) is 9.78 Å². The quantitative estimate of drug-likeness (QED) is 0.518. The van der Waals surface area contributed by atoms with Gasteiger partial charge in [-0.3, -0.25) is 4.79 Å². The van der Waals surface area contributed by atoms with Crippen LogP contribution in [0.2, 0.25) is 0 Å². The molecule has 0 radical (unpaired) electrons. The molecule has 1 fully saturated rings. The highest BCUT2D eigenvalue weighted by Crippen LogP contribution is 2.38. The summed E-state index contributed by atoms with van der Waals surface area (Å²) in [6, 6.07) is 13.4. The number of allylic oxidation sites excluding steroid dienone is 1. The van der Waals surface area contributed by atoms with E-state index in [1.165, 1.54) is 0 Å². The largest absolute Gasteiger partial charge is 0.454 e. The summed E-state index contributed by atoms with van der Waals surface area (Å²) in [5, 5.41) is 0.740. The van der Waals surface area contributed by atoms with Crippen LogP contribution in [0.15, 0.2) is 42.5 Å². The summed E-state index contributed by atoms with van der Waals surface area (Å²) in [5.41, 5.74) is 4.94. The number of hydrogen-bond acceptors (Lipinski definition) is 7. The van der Waals surface area contributed by atoms with E-state index in [9.17, 15) is 9.59 Å². The molecule has 0 N–H and O–H groups in total. The van der Waals surface area contributed by atoms with Gasteiger partial charge in [0.2, 0.25) is 6.79 Å². The van der Waals surface area contributed by atoms with Crippen LogP contribution >= 0.6 is 0 Å². The maximum atomic E-state index is 13.4. The van der Waals surface area contributed by atoms with Crippen molar-refractivity contribution in [3.8, 4) is 11.5 Å². The Morgan fingerprint density at radius 3 is 2.75 bits per heavy atom. The highest BCUT2D eigenvalue weighted by molar-refractivity contribution is 6.07. The number of ether oxygens (including phenoxy) is 4. The number of carbonyl (C=O) groups excluding carboxylic acids is 2. The molecule has 3 aromatic rings. The molecule has 1 aliphatic carbocycles. The van der Waals surface area contributed by atoms with Gasteiger partial charge >= 0.3 is 5.97 Å². The Morgan fingerprint density at radius 2 is 1.86 bits per heavy atom. The Kier molecular flexibility index (Phi) is 6.03. The minimum atomic E-state index is -0.490. The monoisotopic (exact) mass is 486 g/mol. The van der Waals surface area contributed by atoms with Crippen LogP contribution in [-0.4, -0.2) is 61.5 Å². The summed E-state index contributed by atoms with van der Waals surface area (Å²) in [6.45, 7) is 1.96. The predicted octanol–water partition coefficient (Wildman–Crippen LogP) is 3.86. The lowest BCUT2D eigenvalue weighted by molar-refractivity contribution is -0.138. The summed E-state index contributed by atoms with van der Waals surface area (Å²) in [6.07, 6.45) is 4.54. The molecule has 184 valence electrons. The average molecular weight is 487 g/mol. The molecule has 1 amide bonds. The maximum absolute atomic E-state index is 13.4. The van der Waals surface area contributed by atoms with Crippen molar-refractivity contribution in [2.24, 2.45) is 0 Å². The summed E-state index contributed by atoms with van der Waals surface area (Å²) in [5.74, 6) is 0.765. The van der Waals surface area contributed by atoms with Crippen LogP contribution < -0.4 is 9.47 Å². The number of pyridine rings is 1. The van der Waals surface area contributed by atoms with Gasteiger partial charge in [0.05, 0.1) is 30.0 Å². The normalized spacial score (nSPS) is 17.8. The number of benzene rings is 2. The number of morpholine rings is 1. The second-order valence-corrected chi connectivity index (χ2v) is 9.04. The number of carbonyl (C=O) groups is 2. The third-order valence-corrected chi connectivity index (χ3v) is 6.80. The number of esters is 1. The zero-order chi connectivity index (χ0) is 24.5. The van der Waals surface area contributed by atoms with Crippen molar-refractivity contribution in [3.05, 3.63) is 64.8 Å². The zero-order valence-electron chi connectivity index (χ0n) is 19.8. The van der Waals surface area contributed by atoms with Crippen molar-refractivity contribution in [1.29, 1.82) is 0 Å². The number of nitrogens with zero attached hydrogens (tertiary/aromatic N) is 2. The van der Waals surface area contributed by atoms with Gasteiger partial charge in [0, 0.05) is 18.5 Å². The van der Waals surface area contributed by atoms with Gasteiger partial charge in [0.1, 0.15) is 0 Å². The first-order chi connectivity index (χ1) is 17.7. The zero-order valence-corrected chi connectivity index (χ0v) is 19.8. The van der Waals surface area contributed by atoms with Crippen molar-refractivity contribution in [3.63, 3.8) is 0 Å². The Hall–Kier alpha value is -3.91. The number of aromatic nitrogens is 1. The van der Waals surface area contributed by atoms with Crippen LogP contribution in [-0.2, 0) is 20.7 Å². The summed E-state index contributed by atoms with van der Waals surface area (Å²) in [7, 11) is 0. The highest BCUT2D eigenvalue weighted by atomic mass is 16.7. The van der Waals surface area contributed by atoms with E-state index in [0.29, 0.717) is 38.3 Å². The van der Waals surface area contributed by atoms with E-state index >= 15 is 0 Å². The molecule has 3 heterocycles. The predicted molar refractivity (Wildman–Crippen MR) is 133 cm³/mol. The van der Waals surface area contributed by atoms with Crippen molar-refractivity contribution in [1.82, 2.24) is 9.88 Å². The van der Waals surface area contributed by atoms with Crippen LogP contribution in [0.3, 0.4) is 0 Å². The van der Waals surface area contributed by atoms with E-state index in [4.69, 9.17) is 23.9 Å². The van der Waals surface area contributed by atoms with Crippen molar-refractivity contribution in [2.75, 3.05) is 39.7 Å². The number of para-hydroxylation sites is 1. The molecule has 8 nitrogen and oxygen atoms in total. The van der Waals surface area contributed by atoms with Crippen LogP contribution in [0, 0.1) is 0 Å². The topological polar surface area (TPSA) is 87.2 Å². The molecular weight excluding hydrogens is 460 g/mol. The molecule has 0 saturated carbocycles. The Balaban J connectivity index is 1.34. The summed E-state index contributed by atoms with van der Waals surface area (Å²) in [4.78, 5) is 32.6. The molecule has 36 heavy (non-hydrogen) atoms. The van der Waals surface area contributed by atoms with E-state index in [-0.39, 0.29) is 19.3 Å². The molecule has 6 rings (SSSR count). The molecule has 8 heteroatoms. The van der Waals surface area contributed by atoms with Gasteiger partial charge in [-0.2, -0.15) is 0 Å². The molecule has 0 atom stereocenters. The van der Waals surface area contributed by atoms with Gasteiger partial charge in [0.15, 0.2) is 18.1 Å². The van der Waals surface area contributed by atoms with E-state index < -0.39 is 5.97 Å². The first-order valence-electron chi connectivity index (χ1n) is 12.2. The second-order valence-electron chi connectivity index (χ2n) is 9.04. The van der Waals surface area contributed by atoms with Crippen LogP contribution in [0.25, 0.3) is 22.6 Å². The van der Waals surface area contributed by atoms with Crippen molar-refractivity contribution >= 4 is 34.4 Å². The Labute approximate surface area is 208 Å². The molecule has 1 saturated heterocycles. The lowest BCUT2D eigenvalue weighted by Crippen LogP contribution is -2.42. The van der Waals surface area contributed by atoms with Crippen molar-refractivity contribution < 1.29 is 28.5 Å². The van der Waals surface area contributed by atoms with Gasteiger partial charge in [-0.15, -0.1) is 0 Å². The fourth-order valence-electron chi connectivity index (χ4n) is 5.02. The highest BCUT2D eigenvalue weighted by Gasteiger charge is 2.27. The fourth-order valence-corrected chi connectivity index (χ4v) is 5.02. The third kappa shape index (κ3) is 4.28. The third-order valence-electron chi connectivity index (χ3n) is 6.80. The molecule has 0 bridgehead atoms. The second kappa shape index (κ2) is 9.62. The average Bonchev–Trinajstić information content (AvgIpc) is 3.39. The molecule has 0 spiro atoms. The fraction of sp³-hybridized carbons (Fsp3) is 0.321. The van der Waals surface area contributed by atoms with Gasteiger partial charge in [0.25, 0.3) is 5.91 Å². The first-order valence-corrected chi connectivity index (χ1v) is 12.2. The Morgan fingerprint density at radius 1 is 1.03 bits per heavy atom. The number of fused-ring (bicyclic) bond motifs is 3. The van der Waals surface area contributed by atoms with E-state index in [1.807, 2.05) is 42.5 Å². The van der Waals surface area contributed by atoms with Gasteiger partial charge in [-0.05, 0) is 60.2 Å². The maximum Gasteiger partial charge on any atom is 0.339 e. The minimum Gasteiger partial charge on any atom is -0.454 e. The lowest BCUT2D eigenvalue weighted by atomic mass is 9.86. The SMILES string of the molecule is O=C(OCC(=O)N1CCOCC1)c1c2c(nc3ccccc13)/C(=C/c1ccc3c(c1)OCO3)CCC2. The van der Waals surface area contributed by atoms with Crippen LogP contribution in [0.1, 0.15) is 40.0 Å². The molecule has 2 aromatic carbocycles. The Bertz CT molecular complexity index is 1380. The van der Waals surface area contributed by atoms with Crippen LogP contribution in [0.5, 0.6) is 11.5 Å². The van der Waals surface area contributed by atoms with E-state index in [0.717, 1.165) is 57.6 Å². The number of amides is 1. The molecule has 0 unspecified atom stereocenters. The molecule has 1 aromatic heterocycles. The molecule has 3 aliphatic rings. The van der Waals surface area contributed by atoms with E-state index in [2.05, 4.69) is 6.08 Å². The lowest BCUT2D eigenvalue weighted by Gasteiger charge is -2.27. The summed E-state index contributed by atoms with van der Waals surface area (Å²) >= 11 is 0. The molecule has 2 aliphatic heterocycles. The van der Waals surface area contributed by atoms with E-state index in [1.54, 1.807) is 4.90 Å². The first kappa shape index (κ1) is 22.5. The molecular formula is C28H26N2O6. The van der Waals surface area contributed by atoms with Crippen LogP contribution in [0.4, 0.5) is 0 Å². The minimum absolute atomic E-state index is 0.206.